The highest BCUT2D eigenvalue weighted by Gasteiger charge is 2.16. The van der Waals surface area contributed by atoms with E-state index in [2.05, 4.69) is 60.3 Å². The summed E-state index contributed by atoms with van der Waals surface area (Å²) in [6.45, 7) is 9.65. The Balaban J connectivity index is 2.09. The maximum atomic E-state index is 4.71. The summed E-state index contributed by atoms with van der Waals surface area (Å²) >= 11 is 1.71. The molecule has 2 unspecified atom stereocenters. The van der Waals surface area contributed by atoms with Crippen molar-refractivity contribution < 1.29 is 0 Å². The molecule has 0 saturated heterocycles. The molecule has 4 nitrogen and oxygen atoms in total. The maximum Gasteiger partial charge on any atom is 0.0898 e. The second-order valence-electron chi connectivity index (χ2n) is 5.55. The molecule has 2 aromatic heterocycles. The maximum absolute atomic E-state index is 4.71. The summed E-state index contributed by atoms with van der Waals surface area (Å²) in [4.78, 5) is 4.64. The van der Waals surface area contributed by atoms with Crippen molar-refractivity contribution in [3.8, 4) is 0 Å². The molecule has 0 radical (unpaired) electrons. The Morgan fingerprint density at radius 2 is 2.19 bits per heavy atom. The first kappa shape index (κ1) is 16.2. The molecule has 0 bridgehead atoms. The number of hydrogen-bond donors (Lipinski definition) is 1. The smallest absolute Gasteiger partial charge is 0.0898 e. The van der Waals surface area contributed by atoms with Gasteiger partial charge in [-0.05, 0) is 39.3 Å². The van der Waals surface area contributed by atoms with Crippen LogP contribution in [-0.2, 0) is 6.42 Å². The Morgan fingerprint density at radius 1 is 1.38 bits per heavy atom. The van der Waals surface area contributed by atoms with Gasteiger partial charge in [-0.25, -0.2) is 4.98 Å². The molecular weight excluding hydrogens is 280 g/mol. The zero-order chi connectivity index (χ0) is 15.2. The van der Waals surface area contributed by atoms with E-state index in [1.165, 1.54) is 0 Å². The van der Waals surface area contributed by atoms with Gasteiger partial charge in [0.1, 0.15) is 0 Å². The van der Waals surface area contributed by atoms with E-state index in [4.69, 9.17) is 5.10 Å². The van der Waals surface area contributed by atoms with Crippen LogP contribution in [0.3, 0.4) is 0 Å². The van der Waals surface area contributed by atoms with Gasteiger partial charge in [0.05, 0.1) is 22.4 Å². The van der Waals surface area contributed by atoms with E-state index in [1.54, 1.807) is 11.3 Å². The van der Waals surface area contributed by atoms with Crippen LogP contribution in [0.5, 0.6) is 0 Å². The minimum atomic E-state index is 0.259. The van der Waals surface area contributed by atoms with Crippen LogP contribution in [0.25, 0.3) is 0 Å². The predicted octanol–water partition coefficient (Wildman–Crippen LogP) is 3.90. The summed E-state index contributed by atoms with van der Waals surface area (Å²) in [6, 6.07) is 2.85. The average Bonchev–Trinajstić information content (AvgIpc) is 3.11. The lowest BCUT2D eigenvalue weighted by atomic mass is 10.1. The molecule has 2 heterocycles. The van der Waals surface area contributed by atoms with Crippen molar-refractivity contribution in [2.45, 2.75) is 59.0 Å². The molecule has 2 atom stereocenters. The van der Waals surface area contributed by atoms with Crippen molar-refractivity contribution in [1.82, 2.24) is 20.1 Å². The van der Waals surface area contributed by atoms with Crippen LogP contribution in [-0.4, -0.2) is 21.3 Å². The fraction of sp³-hybridized carbons (Fsp3) is 0.625. The van der Waals surface area contributed by atoms with E-state index < -0.39 is 0 Å². The first-order valence-electron chi connectivity index (χ1n) is 7.83. The van der Waals surface area contributed by atoms with Crippen LogP contribution < -0.4 is 5.32 Å². The van der Waals surface area contributed by atoms with Gasteiger partial charge in [-0.2, -0.15) is 5.10 Å². The predicted molar refractivity (Wildman–Crippen MR) is 88.8 cm³/mol. The summed E-state index contributed by atoms with van der Waals surface area (Å²) in [7, 11) is 0. The zero-order valence-electron chi connectivity index (χ0n) is 13.5. The van der Waals surface area contributed by atoms with Crippen molar-refractivity contribution in [2.75, 3.05) is 6.54 Å². The van der Waals surface area contributed by atoms with Crippen LogP contribution in [0.15, 0.2) is 17.6 Å². The summed E-state index contributed by atoms with van der Waals surface area (Å²) in [5.41, 5.74) is 2.28. The molecular formula is C16H26N4S. The van der Waals surface area contributed by atoms with Gasteiger partial charge in [-0.3, -0.25) is 4.68 Å². The monoisotopic (exact) mass is 306 g/mol. The number of thiazole rings is 1. The van der Waals surface area contributed by atoms with Gasteiger partial charge < -0.3 is 5.32 Å². The Hall–Kier alpha value is -1.20. The van der Waals surface area contributed by atoms with Crippen LogP contribution in [0, 0.1) is 6.92 Å². The van der Waals surface area contributed by atoms with E-state index in [9.17, 15) is 0 Å². The standard InChI is InChI=1S/C16H26N4S/c1-5-8-17-15(16-11-21-13(4)18-16)10-14-7-9-20(19-14)12(3)6-2/h7,9,11-12,15,17H,5-6,8,10H2,1-4H3. The number of aryl methyl sites for hydroxylation is 1. The van der Waals surface area contributed by atoms with Crippen LogP contribution in [0.4, 0.5) is 0 Å². The zero-order valence-corrected chi connectivity index (χ0v) is 14.3. The van der Waals surface area contributed by atoms with Crippen LogP contribution in [0.1, 0.15) is 62.1 Å². The number of hydrogen-bond acceptors (Lipinski definition) is 4. The van der Waals surface area contributed by atoms with E-state index in [0.717, 1.165) is 42.2 Å². The molecule has 0 fully saturated rings. The molecule has 116 valence electrons. The number of nitrogens with one attached hydrogen (secondary N) is 1. The molecule has 2 rings (SSSR count). The van der Waals surface area contributed by atoms with Crippen LogP contribution >= 0.6 is 11.3 Å². The van der Waals surface area contributed by atoms with Gasteiger partial charge in [-0.15, -0.1) is 11.3 Å². The highest BCUT2D eigenvalue weighted by atomic mass is 32.1. The quantitative estimate of drug-likeness (QED) is 0.804. The van der Waals surface area contributed by atoms with Gasteiger partial charge in [-0.1, -0.05) is 13.8 Å². The third kappa shape index (κ3) is 4.38. The van der Waals surface area contributed by atoms with Crippen molar-refractivity contribution in [3.05, 3.63) is 34.0 Å². The third-order valence-corrected chi connectivity index (χ3v) is 4.55. The lowest BCUT2D eigenvalue weighted by Crippen LogP contribution is -2.24. The Morgan fingerprint density at radius 3 is 2.81 bits per heavy atom. The fourth-order valence-electron chi connectivity index (χ4n) is 2.27. The molecule has 0 aliphatic rings. The lowest BCUT2D eigenvalue weighted by Gasteiger charge is -2.15. The second kappa shape index (κ2) is 7.71. The molecule has 0 aliphatic heterocycles. The van der Waals surface area contributed by atoms with Gasteiger partial charge >= 0.3 is 0 Å². The minimum Gasteiger partial charge on any atom is -0.308 e. The van der Waals surface area contributed by atoms with E-state index in [-0.39, 0.29) is 6.04 Å². The number of rotatable bonds is 8. The molecule has 5 heteroatoms. The fourth-order valence-corrected chi connectivity index (χ4v) is 2.93. The molecule has 0 amide bonds. The molecule has 0 spiro atoms. The number of aromatic nitrogens is 3. The first-order valence-corrected chi connectivity index (χ1v) is 8.71. The van der Waals surface area contributed by atoms with Crippen LogP contribution in [0.2, 0.25) is 0 Å². The van der Waals surface area contributed by atoms with E-state index in [0.29, 0.717) is 6.04 Å². The summed E-state index contributed by atoms with van der Waals surface area (Å²) in [6.07, 6.45) is 5.21. The Bertz CT molecular complexity index is 546. The average molecular weight is 306 g/mol. The first-order chi connectivity index (χ1) is 10.1. The van der Waals surface area contributed by atoms with E-state index >= 15 is 0 Å². The molecule has 0 aromatic carbocycles. The molecule has 0 aliphatic carbocycles. The van der Waals surface area contributed by atoms with Gasteiger partial charge in [0, 0.05) is 24.0 Å². The Labute approximate surface area is 131 Å². The molecule has 21 heavy (non-hydrogen) atoms. The summed E-state index contributed by atoms with van der Waals surface area (Å²) in [5.74, 6) is 0. The number of nitrogens with zero attached hydrogens (tertiary/aromatic N) is 3. The molecule has 2 aromatic rings. The highest BCUT2D eigenvalue weighted by Crippen LogP contribution is 2.20. The van der Waals surface area contributed by atoms with Crippen molar-refractivity contribution in [2.24, 2.45) is 0 Å². The molecule has 0 saturated carbocycles. The van der Waals surface area contributed by atoms with Crippen molar-refractivity contribution in [3.63, 3.8) is 0 Å². The Kier molecular flexibility index (Phi) is 5.94. The van der Waals surface area contributed by atoms with Gasteiger partial charge in [0.25, 0.3) is 0 Å². The largest absolute Gasteiger partial charge is 0.308 e. The highest BCUT2D eigenvalue weighted by molar-refractivity contribution is 7.09. The normalized spacial score (nSPS) is 14.3. The van der Waals surface area contributed by atoms with Crippen molar-refractivity contribution in [1.29, 1.82) is 0 Å². The SMILES string of the molecule is CCCNC(Cc1ccn(C(C)CC)n1)c1csc(C)n1. The van der Waals surface area contributed by atoms with E-state index in [1.807, 2.05) is 0 Å². The second-order valence-corrected chi connectivity index (χ2v) is 6.61. The third-order valence-electron chi connectivity index (χ3n) is 3.75. The minimum absolute atomic E-state index is 0.259. The summed E-state index contributed by atoms with van der Waals surface area (Å²) in [5, 5.41) is 11.6. The van der Waals surface area contributed by atoms with Crippen molar-refractivity contribution >= 4 is 11.3 Å². The van der Waals surface area contributed by atoms with Gasteiger partial charge in [0.15, 0.2) is 0 Å². The summed E-state index contributed by atoms with van der Waals surface area (Å²) < 4.78 is 2.07. The topological polar surface area (TPSA) is 42.7 Å². The van der Waals surface area contributed by atoms with Gasteiger partial charge in [0.2, 0.25) is 0 Å². The lowest BCUT2D eigenvalue weighted by molar-refractivity contribution is 0.464. The molecule has 1 N–H and O–H groups in total.